The van der Waals surface area contributed by atoms with Crippen molar-refractivity contribution in [2.24, 2.45) is 0 Å². The minimum atomic E-state index is -1.00. The van der Waals surface area contributed by atoms with Gasteiger partial charge in [-0.05, 0) is 18.2 Å². The number of halogens is 2. The standard InChI is InChI=1S/C18H17Cl2NO4/c19-14-5-3-6-15(20)13(14)11-25-16-7-2-1-4-12(16)10-21-17(22)8-9-18(23)24/h1-7H,8-11H2,(H,21,22)(H,23,24). The van der Waals surface area contributed by atoms with E-state index in [9.17, 15) is 9.59 Å². The third-order valence-electron chi connectivity index (χ3n) is 3.45. The number of hydrogen-bond donors (Lipinski definition) is 2. The smallest absolute Gasteiger partial charge is 0.303 e. The fourth-order valence-electron chi connectivity index (χ4n) is 2.11. The van der Waals surface area contributed by atoms with Gasteiger partial charge in [0.2, 0.25) is 5.91 Å². The average molecular weight is 382 g/mol. The molecular weight excluding hydrogens is 365 g/mol. The Morgan fingerprint density at radius 2 is 1.68 bits per heavy atom. The molecule has 0 fully saturated rings. The largest absolute Gasteiger partial charge is 0.488 e. The Hall–Kier alpha value is -2.24. The van der Waals surface area contributed by atoms with E-state index in [-0.39, 0.29) is 31.9 Å². The molecule has 0 aliphatic carbocycles. The molecular formula is C18H17Cl2NO4. The lowest BCUT2D eigenvalue weighted by Gasteiger charge is -2.13. The van der Waals surface area contributed by atoms with Crippen LogP contribution in [0.3, 0.4) is 0 Å². The molecule has 0 unspecified atom stereocenters. The van der Waals surface area contributed by atoms with Crippen LogP contribution in [0.15, 0.2) is 42.5 Å². The van der Waals surface area contributed by atoms with E-state index in [4.69, 9.17) is 33.0 Å². The quantitative estimate of drug-likeness (QED) is 0.722. The van der Waals surface area contributed by atoms with Crippen LogP contribution in [0, 0.1) is 0 Å². The van der Waals surface area contributed by atoms with Crippen LogP contribution in [0.25, 0.3) is 0 Å². The second-order valence-electron chi connectivity index (χ2n) is 5.27. The maximum absolute atomic E-state index is 11.7. The van der Waals surface area contributed by atoms with Gasteiger partial charge in [-0.25, -0.2) is 0 Å². The van der Waals surface area contributed by atoms with E-state index in [1.807, 2.05) is 18.2 Å². The molecule has 2 rings (SSSR count). The summed E-state index contributed by atoms with van der Waals surface area (Å²) in [5.41, 5.74) is 1.46. The van der Waals surface area contributed by atoms with Crippen molar-refractivity contribution in [3.05, 3.63) is 63.6 Å². The van der Waals surface area contributed by atoms with Crippen molar-refractivity contribution in [2.75, 3.05) is 0 Å². The average Bonchev–Trinajstić information content (AvgIpc) is 2.58. The number of nitrogens with one attached hydrogen (secondary N) is 1. The third kappa shape index (κ3) is 5.96. The predicted octanol–water partition coefficient (Wildman–Crippen LogP) is 4.05. The highest BCUT2D eigenvalue weighted by atomic mass is 35.5. The van der Waals surface area contributed by atoms with Crippen LogP contribution in [0.5, 0.6) is 5.75 Å². The molecule has 0 aliphatic rings. The summed E-state index contributed by atoms with van der Waals surface area (Å²) in [4.78, 5) is 22.1. The zero-order chi connectivity index (χ0) is 18.2. The summed E-state index contributed by atoms with van der Waals surface area (Å²) in [5, 5.41) is 12.3. The number of para-hydroxylation sites is 1. The van der Waals surface area contributed by atoms with Crippen molar-refractivity contribution in [2.45, 2.75) is 26.0 Å². The summed E-state index contributed by atoms with van der Waals surface area (Å²) in [6.07, 6.45) is -0.261. The van der Waals surface area contributed by atoms with Gasteiger partial charge in [0.05, 0.1) is 6.42 Å². The summed E-state index contributed by atoms with van der Waals surface area (Å²) in [6.45, 7) is 0.438. The number of ether oxygens (including phenoxy) is 1. The van der Waals surface area contributed by atoms with Crippen molar-refractivity contribution in [3.8, 4) is 5.75 Å². The van der Waals surface area contributed by atoms with Crippen molar-refractivity contribution < 1.29 is 19.4 Å². The highest BCUT2D eigenvalue weighted by Gasteiger charge is 2.10. The van der Waals surface area contributed by atoms with Crippen molar-refractivity contribution in [1.82, 2.24) is 5.32 Å². The molecule has 2 aromatic rings. The number of carboxylic acids is 1. The topological polar surface area (TPSA) is 75.6 Å². The van der Waals surface area contributed by atoms with Gasteiger partial charge in [-0.15, -0.1) is 0 Å². The molecule has 0 spiro atoms. The van der Waals surface area contributed by atoms with Crippen LogP contribution in [0.1, 0.15) is 24.0 Å². The highest BCUT2D eigenvalue weighted by molar-refractivity contribution is 6.35. The van der Waals surface area contributed by atoms with Crippen LogP contribution in [-0.2, 0) is 22.7 Å². The van der Waals surface area contributed by atoms with E-state index in [2.05, 4.69) is 5.32 Å². The second-order valence-corrected chi connectivity index (χ2v) is 6.08. The molecule has 0 aliphatic heterocycles. The van der Waals surface area contributed by atoms with Crippen molar-refractivity contribution in [3.63, 3.8) is 0 Å². The molecule has 0 radical (unpaired) electrons. The maximum Gasteiger partial charge on any atom is 0.303 e. The molecule has 2 aromatic carbocycles. The molecule has 2 N–H and O–H groups in total. The summed E-state index contributed by atoms with van der Waals surface area (Å²) in [5.74, 6) is -0.737. The van der Waals surface area contributed by atoms with Crippen LogP contribution < -0.4 is 10.1 Å². The Balaban J connectivity index is 1.98. The second kappa shape index (κ2) is 9.30. The summed E-state index contributed by atoms with van der Waals surface area (Å²) in [7, 11) is 0. The molecule has 132 valence electrons. The first-order valence-corrected chi connectivity index (χ1v) is 8.35. The molecule has 0 saturated carbocycles. The number of carboxylic acid groups (broad SMARTS) is 1. The van der Waals surface area contributed by atoms with Crippen LogP contribution in [0.4, 0.5) is 0 Å². The Kier molecular flexibility index (Phi) is 7.10. The fourth-order valence-corrected chi connectivity index (χ4v) is 2.62. The van der Waals surface area contributed by atoms with E-state index >= 15 is 0 Å². The lowest BCUT2D eigenvalue weighted by molar-refractivity contribution is -0.138. The Morgan fingerprint density at radius 1 is 1.00 bits per heavy atom. The first-order valence-electron chi connectivity index (χ1n) is 7.59. The number of rotatable bonds is 8. The Morgan fingerprint density at radius 3 is 2.36 bits per heavy atom. The molecule has 5 nitrogen and oxygen atoms in total. The summed E-state index contributed by atoms with van der Waals surface area (Å²) in [6, 6.07) is 12.5. The van der Waals surface area contributed by atoms with Crippen molar-refractivity contribution >= 4 is 35.1 Å². The molecule has 7 heteroatoms. The lowest BCUT2D eigenvalue weighted by atomic mass is 10.2. The molecule has 0 saturated heterocycles. The SMILES string of the molecule is O=C(O)CCC(=O)NCc1ccccc1OCc1c(Cl)cccc1Cl. The van der Waals surface area contributed by atoms with Gasteiger partial charge in [0, 0.05) is 34.1 Å². The van der Waals surface area contributed by atoms with Gasteiger partial charge in [-0.1, -0.05) is 47.5 Å². The first kappa shape index (κ1) is 19.1. The molecule has 0 heterocycles. The summed E-state index contributed by atoms with van der Waals surface area (Å²) >= 11 is 12.3. The minimum absolute atomic E-state index is 0.0619. The van der Waals surface area contributed by atoms with Gasteiger partial charge >= 0.3 is 5.97 Å². The molecule has 25 heavy (non-hydrogen) atoms. The number of aliphatic carboxylic acids is 1. The third-order valence-corrected chi connectivity index (χ3v) is 4.16. The van der Waals surface area contributed by atoms with Gasteiger partial charge in [-0.2, -0.15) is 0 Å². The van der Waals surface area contributed by atoms with Gasteiger partial charge in [0.25, 0.3) is 0 Å². The summed E-state index contributed by atoms with van der Waals surface area (Å²) < 4.78 is 5.80. The molecule has 0 atom stereocenters. The highest BCUT2D eigenvalue weighted by Crippen LogP contribution is 2.27. The van der Waals surface area contributed by atoms with Crippen LogP contribution in [0.2, 0.25) is 10.0 Å². The predicted molar refractivity (Wildman–Crippen MR) is 96.0 cm³/mol. The van der Waals surface area contributed by atoms with Gasteiger partial charge in [0.15, 0.2) is 0 Å². The zero-order valence-electron chi connectivity index (χ0n) is 13.3. The number of hydrogen-bond acceptors (Lipinski definition) is 3. The van der Waals surface area contributed by atoms with Crippen molar-refractivity contribution in [1.29, 1.82) is 0 Å². The number of benzene rings is 2. The normalized spacial score (nSPS) is 10.3. The molecule has 1 amide bonds. The minimum Gasteiger partial charge on any atom is -0.488 e. The fraction of sp³-hybridized carbons (Fsp3) is 0.222. The van der Waals surface area contributed by atoms with Gasteiger partial charge in [-0.3, -0.25) is 9.59 Å². The van der Waals surface area contributed by atoms with E-state index < -0.39 is 5.97 Å². The van der Waals surface area contributed by atoms with E-state index in [1.54, 1.807) is 24.3 Å². The van der Waals surface area contributed by atoms with Crippen LogP contribution in [-0.4, -0.2) is 17.0 Å². The lowest BCUT2D eigenvalue weighted by Crippen LogP contribution is -2.23. The van der Waals surface area contributed by atoms with E-state index in [1.165, 1.54) is 0 Å². The van der Waals surface area contributed by atoms with Gasteiger partial charge in [0.1, 0.15) is 12.4 Å². The molecule has 0 bridgehead atoms. The van der Waals surface area contributed by atoms with Gasteiger partial charge < -0.3 is 15.2 Å². The number of carbonyl (C=O) groups excluding carboxylic acids is 1. The maximum atomic E-state index is 11.7. The monoisotopic (exact) mass is 381 g/mol. The number of amides is 1. The van der Waals surface area contributed by atoms with E-state index in [0.29, 0.717) is 21.4 Å². The first-order chi connectivity index (χ1) is 12.0. The zero-order valence-corrected chi connectivity index (χ0v) is 14.8. The Bertz CT molecular complexity index is 744. The number of carbonyl (C=O) groups is 2. The van der Waals surface area contributed by atoms with E-state index in [0.717, 1.165) is 5.56 Å². The molecule has 0 aromatic heterocycles. The Labute approximate surface area is 155 Å². The van der Waals surface area contributed by atoms with Crippen LogP contribution >= 0.6 is 23.2 Å².